The van der Waals surface area contributed by atoms with E-state index in [1.807, 2.05) is 74.4 Å². The number of methoxy groups -OCH3 is 1. The highest BCUT2D eigenvalue weighted by atomic mass is 35.5. The van der Waals surface area contributed by atoms with Gasteiger partial charge in [0.2, 0.25) is 0 Å². The third-order valence-corrected chi connectivity index (χ3v) is 8.29. The van der Waals surface area contributed by atoms with Crippen molar-refractivity contribution in [2.75, 3.05) is 74.7 Å². The van der Waals surface area contributed by atoms with Crippen molar-refractivity contribution in [1.29, 1.82) is 0 Å². The molecule has 1 aromatic heterocycles. The van der Waals surface area contributed by atoms with Crippen molar-refractivity contribution < 1.29 is 19.1 Å². The lowest BCUT2D eigenvalue weighted by Gasteiger charge is -2.22. The number of hydrogen-bond acceptors (Lipinski definition) is 8. The van der Waals surface area contributed by atoms with E-state index in [4.69, 9.17) is 37.7 Å². The van der Waals surface area contributed by atoms with Crippen LogP contribution in [0.15, 0.2) is 78.9 Å². The van der Waals surface area contributed by atoms with Crippen molar-refractivity contribution in [2.24, 2.45) is 0 Å². The molecular weight excluding hydrogens is 663 g/mol. The van der Waals surface area contributed by atoms with Gasteiger partial charge in [-0.25, -0.2) is 9.78 Å². The summed E-state index contributed by atoms with van der Waals surface area (Å²) in [7, 11) is 5.45. The van der Waals surface area contributed by atoms with Gasteiger partial charge < -0.3 is 29.9 Å². The summed E-state index contributed by atoms with van der Waals surface area (Å²) >= 11 is 11.9. The average Bonchev–Trinajstić information content (AvgIpc) is 3.08. The first-order valence-electron chi connectivity index (χ1n) is 15.9. The number of aryl methyl sites for hydroxylation is 1. The Morgan fingerprint density at radius 2 is 1.55 bits per heavy atom. The molecule has 0 bridgehead atoms. The number of carbonyl (C=O) groups excluding carboxylic acids is 2. The van der Waals surface area contributed by atoms with Crippen molar-refractivity contribution in [1.82, 2.24) is 15.2 Å². The fourth-order valence-electron chi connectivity index (χ4n) is 5.51. The highest BCUT2D eigenvalue weighted by Crippen LogP contribution is 2.37. The van der Waals surface area contributed by atoms with Gasteiger partial charge in [-0.2, -0.15) is 0 Å². The molecule has 5 rings (SSSR count). The number of hydrogen-bond donors (Lipinski definition) is 3. The topological polar surface area (TPSA) is 108 Å². The minimum Gasteiger partial charge on any atom is -0.495 e. The third kappa shape index (κ3) is 8.64. The summed E-state index contributed by atoms with van der Waals surface area (Å²) in [6.07, 6.45) is -0.679. The minimum atomic E-state index is -0.679. The molecule has 0 spiro atoms. The minimum absolute atomic E-state index is 0.189. The molecule has 0 aliphatic rings. The monoisotopic (exact) mass is 702 g/mol. The van der Waals surface area contributed by atoms with Crippen LogP contribution in [0.25, 0.3) is 21.8 Å². The van der Waals surface area contributed by atoms with Crippen LogP contribution >= 0.6 is 23.2 Å². The maximum Gasteiger partial charge on any atom is 0.417 e. The molecule has 10 nitrogen and oxygen atoms in total. The third-order valence-electron chi connectivity index (χ3n) is 7.95. The average molecular weight is 704 g/mol. The van der Waals surface area contributed by atoms with Crippen molar-refractivity contribution >= 4 is 79.8 Å². The number of alkyl halides is 2. The maximum absolute atomic E-state index is 13.3. The van der Waals surface area contributed by atoms with Crippen molar-refractivity contribution in [3.63, 3.8) is 0 Å². The SMILES string of the molecule is COc1ccc(Nc2c3cccc(C)c3nc3c(C(=O)NCCN(C)C)cccc23)cc1NC(=O)Oc1ccc(N(CCCl)CCCl)cc1. The maximum atomic E-state index is 13.3. The predicted octanol–water partition coefficient (Wildman–Crippen LogP) is 7.63. The molecule has 0 aliphatic carbocycles. The second-order valence-corrected chi connectivity index (χ2v) is 12.4. The second kappa shape index (κ2) is 16.6. The molecule has 49 heavy (non-hydrogen) atoms. The van der Waals surface area contributed by atoms with Crippen molar-refractivity contribution in [3.05, 3.63) is 90.0 Å². The molecule has 0 saturated carbocycles. The van der Waals surface area contributed by atoms with Gasteiger partial charge in [-0.15, -0.1) is 23.2 Å². The van der Waals surface area contributed by atoms with Crippen molar-refractivity contribution in [2.45, 2.75) is 6.92 Å². The number of benzene rings is 4. The molecular formula is C37H40Cl2N6O4. The Morgan fingerprint density at radius 3 is 2.22 bits per heavy atom. The van der Waals surface area contributed by atoms with Gasteiger partial charge >= 0.3 is 6.09 Å². The predicted molar refractivity (Wildman–Crippen MR) is 201 cm³/mol. The van der Waals surface area contributed by atoms with Gasteiger partial charge in [-0.05, 0) is 75.1 Å². The fourth-order valence-corrected chi connectivity index (χ4v) is 5.92. The Labute approximate surface area is 296 Å². The first kappa shape index (κ1) is 35.5. The number of nitrogens with one attached hydrogen (secondary N) is 3. The molecule has 0 fully saturated rings. The Hall–Kier alpha value is -4.77. The molecule has 12 heteroatoms. The lowest BCUT2D eigenvalue weighted by Crippen LogP contribution is -2.31. The van der Waals surface area contributed by atoms with Gasteiger partial charge in [0.15, 0.2) is 0 Å². The number of amides is 2. The molecule has 1 heterocycles. The lowest BCUT2D eigenvalue weighted by atomic mass is 10.0. The fraction of sp³-hybridized carbons (Fsp3) is 0.270. The van der Waals surface area contributed by atoms with Crippen LogP contribution in [0.4, 0.5) is 27.5 Å². The molecule has 0 saturated heterocycles. The summed E-state index contributed by atoms with van der Waals surface area (Å²) < 4.78 is 11.1. The van der Waals surface area contributed by atoms with Crippen molar-refractivity contribution in [3.8, 4) is 11.5 Å². The van der Waals surface area contributed by atoms with Gasteiger partial charge in [-0.3, -0.25) is 10.1 Å². The second-order valence-electron chi connectivity index (χ2n) is 11.6. The van der Waals surface area contributed by atoms with Crippen LogP contribution in [-0.2, 0) is 0 Å². The number of aromatic nitrogens is 1. The molecule has 0 atom stereocenters. The summed E-state index contributed by atoms with van der Waals surface area (Å²) in [5.74, 6) is 1.57. The summed E-state index contributed by atoms with van der Waals surface area (Å²) in [5.41, 5.74) is 5.62. The molecule has 3 N–H and O–H groups in total. The van der Waals surface area contributed by atoms with E-state index in [1.165, 1.54) is 7.11 Å². The van der Waals surface area contributed by atoms with Gasteiger partial charge in [-0.1, -0.05) is 30.3 Å². The largest absolute Gasteiger partial charge is 0.495 e. The van der Waals surface area contributed by atoms with E-state index in [0.717, 1.165) is 39.8 Å². The van der Waals surface area contributed by atoms with Crippen LogP contribution < -0.4 is 30.3 Å². The highest BCUT2D eigenvalue weighted by Gasteiger charge is 2.18. The van der Waals surface area contributed by atoms with Crippen LogP contribution in [0.3, 0.4) is 0 Å². The van der Waals surface area contributed by atoms with E-state index in [2.05, 4.69) is 20.9 Å². The van der Waals surface area contributed by atoms with Gasteiger partial charge in [0.25, 0.3) is 5.91 Å². The molecule has 5 aromatic rings. The number of halogens is 2. The van der Waals surface area contributed by atoms with E-state index in [0.29, 0.717) is 65.3 Å². The van der Waals surface area contributed by atoms with Gasteiger partial charge in [0.1, 0.15) is 11.5 Å². The first-order chi connectivity index (χ1) is 23.7. The molecule has 256 valence electrons. The first-order valence-corrected chi connectivity index (χ1v) is 16.9. The Kier molecular flexibility index (Phi) is 12.0. The quantitative estimate of drug-likeness (QED) is 0.0801. The van der Waals surface area contributed by atoms with Crippen LogP contribution in [-0.4, -0.2) is 81.0 Å². The zero-order chi connectivity index (χ0) is 34.9. The number of para-hydroxylation sites is 2. The normalized spacial score (nSPS) is 11.1. The number of likely N-dealkylation sites (N-methyl/N-ethyl adjacent to an activating group) is 1. The molecule has 2 amide bonds. The number of nitrogens with zero attached hydrogens (tertiary/aromatic N) is 3. The number of pyridine rings is 1. The number of anilines is 4. The number of carbonyl (C=O) groups is 2. The van der Waals surface area contributed by atoms with E-state index in [-0.39, 0.29) is 5.91 Å². The summed E-state index contributed by atoms with van der Waals surface area (Å²) in [6, 6.07) is 24.1. The van der Waals surface area contributed by atoms with E-state index in [1.54, 1.807) is 30.3 Å². The number of ether oxygens (including phenoxy) is 2. The number of rotatable bonds is 14. The standard InChI is InChI=1S/C37H40Cl2N6O4/c1-24-7-5-8-28-33(24)43-35-29(9-6-10-30(35)36(46)40-19-22-44(2)3)34(28)41-25-11-16-32(48-4)31(23-25)42-37(47)49-27-14-12-26(13-15-27)45(20-17-38)21-18-39/h5-16,23H,17-22H2,1-4H3,(H,40,46)(H,41,43)(H,42,47). The van der Waals surface area contributed by atoms with Crippen LogP contribution in [0.2, 0.25) is 0 Å². The van der Waals surface area contributed by atoms with Gasteiger partial charge in [0, 0.05) is 60.1 Å². The van der Waals surface area contributed by atoms with E-state index < -0.39 is 6.09 Å². The zero-order valence-corrected chi connectivity index (χ0v) is 29.5. The van der Waals surface area contributed by atoms with Crippen LogP contribution in [0.1, 0.15) is 15.9 Å². The van der Waals surface area contributed by atoms with E-state index in [9.17, 15) is 9.59 Å². The van der Waals surface area contributed by atoms with Crippen LogP contribution in [0.5, 0.6) is 11.5 Å². The summed E-state index contributed by atoms with van der Waals surface area (Å²) in [5, 5.41) is 11.0. The summed E-state index contributed by atoms with van der Waals surface area (Å²) in [4.78, 5) is 35.4. The van der Waals surface area contributed by atoms with Gasteiger partial charge in [0.05, 0.1) is 35.1 Å². The Morgan fingerprint density at radius 1 is 0.857 bits per heavy atom. The zero-order valence-electron chi connectivity index (χ0n) is 28.0. The van der Waals surface area contributed by atoms with E-state index >= 15 is 0 Å². The molecule has 0 unspecified atom stereocenters. The lowest BCUT2D eigenvalue weighted by molar-refractivity contribution is 0.0952. The molecule has 4 aromatic carbocycles. The molecule has 0 radical (unpaired) electrons. The smallest absolute Gasteiger partial charge is 0.417 e. The van der Waals surface area contributed by atoms with Crippen LogP contribution in [0, 0.1) is 6.92 Å². The number of fused-ring (bicyclic) bond motifs is 2. The molecule has 0 aliphatic heterocycles. The Bertz CT molecular complexity index is 1930. The highest BCUT2D eigenvalue weighted by molar-refractivity contribution is 6.18. The summed E-state index contributed by atoms with van der Waals surface area (Å²) in [6.45, 7) is 4.52. The Balaban J connectivity index is 1.43.